The van der Waals surface area contributed by atoms with E-state index >= 15 is 0 Å². The third-order valence-corrected chi connectivity index (χ3v) is 5.39. The molecule has 0 aliphatic heterocycles. The molecule has 1 heterocycles. The summed E-state index contributed by atoms with van der Waals surface area (Å²) in [5.41, 5.74) is 2.02. The van der Waals surface area contributed by atoms with Gasteiger partial charge in [-0.25, -0.2) is 13.5 Å². The van der Waals surface area contributed by atoms with E-state index in [4.69, 9.17) is 9.47 Å². The molecule has 2 aromatic carbocycles. The lowest BCUT2D eigenvalue weighted by Crippen LogP contribution is -2.34. The number of nitrogens with zero attached hydrogens (tertiary/aromatic N) is 3. The number of hydrogen-bond acceptors (Lipinski definition) is 4. The summed E-state index contributed by atoms with van der Waals surface area (Å²) in [7, 11) is 1.59. The third kappa shape index (κ3) is 4.80. The van der Waals surface area contributed by atoms with Gasteiger partial charge >= 0.3 is 0 Å². The largest absolute Gasteiger partial charge is 0.435 e. The maximum absolute atomic E-state index is 14.4. The van der Waals surface area contributed by atoms with E-state index < -0.39 is 11.6 Å². The summed E-state index contributed by atoms with van der Waals surface area (Å²) in [6.07, 6.45) is 1.77. The summed E-state index contributed by atoms with van der Waals surface area (Å²) in [6.45, 7) is 2.88. The Labute approximate surface area is 185 Å². The molecular formula is C24H25F2N3O3. The Morgan fingerprint density at radius 2 is 1.94 bits per heavy atom. The quantitative estimate of drug-likeness (QED) is 0.486. The van der Waals surface area contributed by atoms with Crippen LogP contribution in [0.1, 0.15) is 24.1 Å². The number of hydrogen-bond donors (Lipinski definition) is 0. The number of para-hydroxylation sites is 1. The van der Waals surface area contributed by atoms with Gasteiger partial charge in [-0.1, -0.05) is 18.2 Å². The van der Waals surface area contributed by atoms with Crippen LogP contribution in [0.2, 0.25) is 0 Å². The Balaban J connectivity index is 1.75. The van der Waals surface area contributed by atoms with Crippen molar-refractivity contribution in [1.82, 2.24) is 14.7 Å². The molecule has 0 unspecified atom stereocenters. The molecule has 1 fully saturated rings. The van der Waals surface area contributed by atoms with Crippen LogP contribution in [0, 0.1) is 24.5 Å². The molecule has 4 rings (SSSR count). The van der Waals surface area contributed by atoms with E-state index in [9.17, 15) is 13.6 Å². The highest BCUT2D eigenvalue weighted by Crippen LogP contribution is 2.35. The van der Waals surface area contributed by atoms with Crippen molar-refractivity contribution < 1.29 is 23.0 Å². The molecule has 0 atom stereocenters. The van der Waals surface area contributed by atoms with Crippen molar-refractivity contribution in [3.63, 3.8) is 0 Å². The average molecular weight is 441 g/mol. The number of rotatable bonds is 9. The Hall–Kier alpha value is -3.26. The van der Waals surface area contributed by atoms with E-state index in [-0.39, 0.29) is 30.0 Å². The number of methoxy groups -OCH3 is 1. The van der Waals surface area contributed by atoms with Gasteiger partial charge in [0.15, 0.2) is 11.6 Å². The molecule has 0 saturated heterocycles. The molecule has 32 heavy (non-hydrogen) atoms. The van der Waals surface area contributed by atoms with Crippen molar-refractivity contribution in [3.8, 4) is 17.3 Å². The van der Waals surface area contributed by atoms with E-state index in [2.05, 4.69) is 5.10 Å². The lowest BCUT2D eigenvalue weighted by molar-refractivity contribution is -0.133. The zero-order valence-electron chi connectivity index (χ0n) is 18.1. The minimum Gasteiger partial charge on any atom is -0.435 e. The highest BCUT2D eigenvalue weighted by molar-refractivity contribution is 5.81. The maximum atomic E-state index is 14.4. The van der Waals surface area contributed by atoms with Crippen molar-refractivity contribution in [2.24, 2.45) is 5.92 Å². The lowest BCUT2D eigenvalue weighted by atomic mass is 10.2. The first-order chi connectivity index (χ1) is 15.5. The number of benzene rings is 2. The molecule has 1 aliphatic rings. The average Bonchev–Trinajstić information content (AvgIpc) is 3.59. The molecule has 1 saturated carbocycles. The second-order valence-corrected chi connectivity index (χ2v) is 7.82. The summed E-state index contributed by atoms with van der Waals surface area (Å²) >= 11 is 0. The molecule has 0 spiro atoms. The van der Waals surface area contributed by atoms with Crippen LogP contribution < -0.4 is 4.74 Å². The number of carbonyl (C=O) groups is 1. The molecule has 0 N–H and O–H groups in total. The molecule has 3 aromatic rings. The molecule has 8 heteroatoms. The van der Waals surface area contributed by atoms with Gasteiger partial charge in [-0.2, -0.15) is 5.10 Å². The van der Waals surface area contributed by atoms with Gasteiger partial charge in [-0.15, -0.1) is 0 Å². The molecule has 0 bridgehead atoms. The summed E-state index contributed by atoms with van der Waals surface area (Å²) in [4.78, 5) is 14.6. The Morgan fingerprint density at radius 1 is 1.19 bits per heavy atom. The van der Waals surface area contributed by atoms with Gasteiger partial charge in [0, 0.05) is 25.6 Å². The normalized spacial score (nSPS) is 13.2. The fraction of sp³-hybridized carbons (Fsp3) is 0.333. The monoisotopic (exact) mass is 441 g/mol. The van der Waals surface area contributed by atoms with Crippen LogP contribution in [0.15, 0.2) is 48.5 Å². The smallest absolute Gasteiger partial charge is 0.228 e. The molecule has 1 aromatic heterocycles. The minimum atomic E-state index is -0.820. The predicted molar refractivity (Wildman–Crippen MR) is 115 cm³/mol. The van der Waals surface area contributed by atoms with Crippen LogP contribution in [0.5, 0.6) is 11.6 Å². The van der Waals surface area contributed by atoms with E-state index in [1.807, 2.05) is 37.3 Å². The first-order valence-electron chi connectivity index (χ1n) is 10.5. The molecular weight excluding hydrogens is 416 g/mol. The number of aromatic nitrogens is 2. The van der Waals surface area contributed by atoms with E-state index in [0.29, 0.717) is 24.4 Å². The van der Waals surface area contributed by atoms with Crippen molar-refractivity contribution >= 4 is 5.91 Å². The lowest BCUT2D eigenvalue weighted by Gasteiger charge is -2.23. The van der Waals surface area contributed by atoms with E-state index in [1.54, 1.807) is 16.7 Å². The van der Waals surface area contributed by atoms with Crippen LogP contribution in [-0.4, -0.2) is 40.8 Å². The van der Waals surface area contributed by atoms with Crippen LogP contribution in [0.3, 0.4) is 0 Å². The van der Waals surface area contributed by atoms with Crippen LogP contribution >= 0.6 is 0 Å². The maximum Gasteiger partial charge on any atom is 0.228 e. The van der Waals surface area contributed by atoms with Gasteiger partial charge in [0.1, 0.15) is 5.82 Å². The summed E-state index contributed by atoms with van der Waals surface area (Å²) in [5.74, 6) is -1.25. The van der Waals surface area contributed by atoms with Crippen molar-refractivity contribution in [2.45, 2.75) is 26.3 Å². The highest BCUT2D eigenvalue weighted by Gasteiger charge is 2.34. The Morgan fingerprint density at radius 3 is 2.59 bits per heavy atom. The van der Waals surface area contributed by atoms with Gasteiger partial charge in [0.2, 0.25) is 11.8 Å². The van der Waals surface area contributed by atoms with Gasteiger partial charge in [-0.05, 0) is 44.0 Å². The second-order valence-electron chi connectivity index (χ2n) is 7.82. The van der Waals surface area contributed by atoms with Crippen LogP contribution in [0.4, 0.5) is 8.78 Å². The first-order valence-corrected chi connectivity index (χ1v) is 10.5. The first kappa shape index (κ1) is 22.0. The number of ether oxygens (including phenoxy) is 2. The zero-order chi connectivity index (χ0) is 22.7. The third-order valence-electron chi connectivity index (χ3n) is 5.39. The molecule has 0 radical (unpaired) electrons. The number of aryl methyl sites for hydroxylation is 1. The molecule has 6 nitrogen and oxygen atoms in total. The van der Waals surface area contributed by atoms with E-state index in [0.717, 1.165) is 30.7 Å². The standard InChI is InChI=1S/C24H25F2N3O3/c1-16-20(15-28(12-13-31-2)23(30)17-8-9-17)24(29(27-16)19-6-4-3-5-7-19)32-22-11-10-18(25)14-21(22)26/h3-7,10-11,14,17H,8-9,12-13,15H2,1-2H3. The van der Waals surface area contributed by atoms with Crippen molar-refractivity contribution in [3.05, 3.63) is 71.4 Å². The summed E-state index contributed by atoms with van der Waals surface area (Å²) < 4.78 is 40.5. The molecule has 168 valence electrons. The Bertz CT molecular complexity index is 1100. The zero-order valence-corrected chi connectivity index (χ0v) is 18.1. The Kier molecular flexibility index (Phi) is 6.50. The van der Waals surface area contributed by atoms with Crippen molar-refractivity contribution in [1.29, 1.82) is 0 Å². The summed E-state index contributed by atoms with van der Waals surface area (Å²) in [5, 5.41) is 4.60. The molecule has 1 aliphatic carbocycles. The fourth-order valence-corrected chi connectivity index (χ4v) is 3.48. The highest BCUT2D eigenvalue weighted by atomic mass is 19.1. The topological polar surface area (TPSA) is 56.6 Å². The number of carbonyl (C=O) groups excluding carboxylic acids is 1. The SMILES string of the molecule is COCCN(Cc1c(C)nn(-c2ccccc2)c1Oc1ccc(F)cc1F)C(=O)C1CC1. The minimum absolute atomic E-state index is 0.0373. The van der Waals surface area contributed by atoms with Gasteiger partial charge in [0.05, 0.1) is 30.1 Å². The van der Waals surface area contributed by atoms with Crippen LogP contribution in [-0.2, 0) is 16.1 Å². The number of halogens is 2. The van der Waals surface area contributed by atoms with Crippen LogP contribution in [0.25, 0.3) is 5.69 Å². The second kappa shape index (κ2) is 9.48. The van der Waals surface area contributed by atoms with Crippen molar-refractivity contribution in [2.75, 3.05) is 20.3 Å². The summed E-state index contributed by atoms with van der Waals surface area (Å²) in [6, 6.07) is 12.4. The van der Waals surface area contributed by atoms with Gasteiger partial charge in [-0.3, -0.25) is 4.79 Å². The van der Waals surface area contributed by atoms with Gasteiger partial charge in [0.25, 0.3) is 0 Å². The number of amides is 1. The molecule has 1 amide bonds. The fourth-order valence-electron chi connectivity index (χ4n) is 3.48. The predicted octanol–water partition coefficient (Wildman–Crippen LogP) is 4.64. The van der Waals surface area contributed by atoms with Gasteiger partial charge < -0.3 is 14.4 Å². The van der Waals surface area contributed by atoms with E-state index in [1.165, 1.54) is 6.07 Å².